The number of benzene rings is 2. The van der Waals surface area contributed by atoms with Crippen LogP contribution in [0.1, 0.15) is 24.8 Å². The average Bonchev–Trinajstić information content (AvgIpc) is 2.68. The predicted octanol–water partition coefficient (Wildman–Crippen LogP) is 4.43. The summed E-state index contributed by atoms with van der Waals surface area (Å²) >= 11 is 0. The monoisotopic (exact) mass is 351 g/mol. The van der Waals surface area contributed by atoms with Crippen molar-refractivity contribution < 1.29 is 9.47 Å². The molecule has 2 aromatic carbocycles. The second-order valence-corrected chi connectivity index (χ2v) is 6.25. The molecule has 0 spiro atoms. The average molecular weight is 351 g/mol. The Labute approximate surface area is 154 Å². The summed E-state index contributed by atoms with van der Waals surface area (Å²) in [7, 11) is 3.29. The third-order valence-corrected chi connectivity index (χ3v) is 4.73. The van der Waals surface area contributed by atoms with Gasteiger partial charge in [-0.25, -0.2) is 4.99 Å². The van der Waals surface area contributed by atoms with Gasteiger partial charge in [0.15, 0.2) is 0 Å². The molecule has 3 N–H and O–H groups in total. The number of nitrogen functional groups attached to an aromatic ring is 1. The Hall–Kier alpha value is -2.95. The summed E-state index contributed by atoms with van der Waals surface area (Å²) in [4.78, 5) is 4.59. The summed E-state index contributed by atoms with van der Waals surface area (Å²) in [6.07, 6.45) is 4.96. The predicted molar refractivity (Wildman–Crippen MR) is 107 cm³/mol. The van der Waals surface area contributed by atoms with Gasteiger partial charge in [0.05, 0.1) is 19.9 Å². The van der Waals surface area contributed by atoms with Crippen LogP contribution in [0.4, 0.5) is 11.4 Å². The highest BCUT2D eigenvalue weighted by Gasteiger charge is 2.27. The van der Waals surface area contributed by atoms with E-state index in [-0.39, 0.29) is 11.8 Å². The van der Waals surface area contributed by atoms with Gasteiger partial charge in [-0.2, -0.15) is 0 Å². The lowest BCUT2D eigenvalue weighted by atomic mass is 9.82. The highest BCUT2D eigenvalue weighted by Crippen LogP contribution is 2.35. The number of ether oxygens (including phenoxy) is 2. The van der Waals surface area contributed by atoms with Crippen molar-refractivity contribution in [3.63, 3.8) is 0 Å². The molecule has 5 nitrogen and oxygen atoms in total. The Morgan fingerprint density at radius 3 is 2.46 bits per heavy atom. The van der Waals surface area contributed by atoms with Crippen LogP contribution in [0.2, 0.25) is 0 Å². The minimum atomic E-state index is 0.214. The van der Waals surface area contributed by atoms with Crippen molar-refractivity contribution in [1.82, 2.24) is 0 Å². The van der Waals surface area contributed by atoms with E-state index in [4.69, 9.17) is 15.2 Å². The van der Waals surface area contributed by atoms with Crippen LogP contribution in [0.15, 0.2) is 59.7 Å². The van der Waals surface area contributed by atoms with Gasteiger partial charge in [-0.15, -0.1) is 0 Å². The fourth-order valence-corrected chi connectivity index (χ4v) is 3.31. The van der Waals surface area contributed by atoms with Gasteiger partial charge in [-0.05, 0) is 48.4 Å². The van der Waals surface area contributed by atoms with Gasteiger partial charge in [-0.1, -0.05) is 19.1 Å². The Balaban J connectivity index is 1.83. The van der Waals surface area contributed by atoms with E-state index in [1.54, 1.807) is 14.2 Å². The standard InChI is InChI=1S/C21H25N3O2/c1-4-17-18(14-5-10-20(26-3)19(22)13-14)11-12-23-21(17)24-15-6-8-16(25-2)9-7-15/h5-13,17-18H,4,22H2,1-3H3,(H,23,24). The van der Waals surface area contributed by atoms with Gasteiger partial charge >= 0.3 is 0 Å². The molecule has 2 atom stereocenters. The molecule has 136 valence electrons. The fourth-order valence-electron chi connectivity index (χ4n) is 3.31. The number of allylic oxidation sites excluding steroid dienone is 1. The number of nitrogens with one attached hydrogen (secondary N) is 1. The first-order valence-electron chi connectivity index (χ1n) is 8.75. The maximum Gasteiger partial charge on any atom is 0.141 e. The lowest BCUT2D eigenvalue weighted by Gasteiger charge is -2.29. The summed E-state index contributed by atoms with van der Waals surface area (Å²) in [5, 5.41) is 3.46. The number of aliphatic imine (C=N–C) groups is 1. The van der Waals surface area contributed by atoms with Gasteiger partial charge in [0.2, 0.25) is 0 Å². The summed E-state index contributed by atoms with van der Waals surface area (Å²) in [5.41, 5.74) is 8.91. The SMILES string of the molecule is CCC1C(Nc2ccc(OC)cc2)=NC=CC1c1ccc(OC)c(N)c1. The lowest BCUT2D eigenvalue weighted by Crippen LogP contribution is -2.29. The van der Waals surface area contributed by atoms with Crippen molar-refractivity contribution in [2.45, 2.75) is 19.3 Å². The molecule has 0 saturated heterocycles. The highest BCUT2D eigenvalue weighted by atomic mass is 16.5. The van der Waals surface area contributed by atoms with Crippen LogP contribution in [0.5, 0.6) is 11.5 Å². The second-order valence-electron chi connectivity index (χ2n) is 6.25. The van der Waals surface area contributed by atoms with E-state index in [1.807, 2.05) is 42.6 Å². The maximum atomic E-state index is 6.10. The number of hydrogen-bond acceptors (Lipinski definition) is 5. The molecule has 0 bridgehead atoms. The first-order chi connectivity index (χ1) is 12.7. The fraction of sp³-hybridized carbons (Fsp3) is 0.286. The molecule has 1 aliphatic heterocycles. The van der Waals surface area contributed by atoms with E-state index in [1.165, 1.54) is 0 Å². The van der Waals surface area contributed by atoms with Crippen molar-refractivity contribution in [2.75, 3.05) is 25.3 Å². The summed E-state index contributed by atoms with van der Waals surface area (Å²) in [6, 6.07) is 13.8. The number of nitrogens with zero attached hydrogens (tertiary/aromatic N) is 1. The van der Waals surface area contributed by atoms with Crippen LogP contribution in [0.3, 0.4) is 0 Å². The van der Waals surface area contributed by atoms with Gasteiger partial charge in [0.25, 0.3) is 0 Å². The van der Waals surface area contributed by atoms with E-state index in [0.29, 0.717) is 11.4 Å². The largest absolute Gasteiger partial charge is 0.497 e. The zero-order chi connectivity index (χ0) is 18.5. The maximum absolute atomic E-state index is 6.10. The Morgan fingerprint density at radius 2 is 1.85 bits per heavy atom. The normalized spacial score (nSPS) is 19.0. The van der Waals surface area contributed by atoms with E-state index in [9.17, 15) is 0 Å². The quantitative estimate of drug-likeness (QED) is 0.782. The van der Waals surface area contributed by atoms with Crippen molar-refractivity contribution in [3.05, 3.63) is 60.3 Å². The number of anilines is 2. The van der Waals surface area contributed by atoms with Crippen LogP contribution in [0.25, 0.3) is 0 Å². The number of amidine groups is 1. The van der Waals surface area contributed by atoms with Gasteiger partial charge in [-0.3, -0.25) is 0 Å². The van der Waals surface area contributed by atoms with Crippen molar-refractivity contribution in [3.8, 4) is 11.5 Å². The van der Waals surface area contributed by atoms with E-state index in [2.05, 4.69) is 29.4 Å². The van der Waals surface area contributed by atoms with Gasteiger partial charge < -0.3 is 20.5 Å². The molecular weight excluding hydrogens is 326 g/mol. The molecule has 0 fully saturated rings. The molecule has 1 aliphatic rings. The van der Waals surface area contributed by atoms with Crippen LogP contribution in [0, 0.1) is 5.92 Å². The van der Waals surface area contributed by atoms with Gasteiger partial charge in [0.1, 0.15) is 17.3 Å². The molecule has 0 aromatic heterocycles. The first-order valence-corrected chi connectivity index (χ1v) is 8.75. The third kappa shape index (κ3) is 3.67. The molecule has 2 aromatic rings. The first kappa shape index (κ1) is 17.9. The van der Waals surface area contributed by atoms with Crippen LogP contribution >= 0.6 is 0 Å². The van der Waals surface area contributed by atoms with Crippen LogP contribution < -0.4 is 20.5 Å². The molecule has 26 heavy (non-hydrogen) atoms. The van der Waals surface area contributed by atoms with E-state index < -0.39 is 0 Å². The van der Waals surface area contributed by atoms with Crippen LogP contribution in [-0.4, -0.2) is 20.1 Å². The number of nitrogens with two attached hydrogens (primary N) is 1. The summed E-state index contributed by atoms with van der Waals surface area (Å²) in [6.45, 7) is 2.18. The summed E-state index contributed by atoms with van der Waals surface area (Å²) in [5.74, 6) is 2.95. The van der Waals surface area contributed by atoms with Crippen LogP contribution in [-0.2, 0) is 0 Å². The second kappa shape index (κ2) is 7.95. The zero-order valence-corrected chi connectivity index (χ0v) is 15.4. The van der Waals surface area contributed by atoms with Crippen molar-refractivity contribution >= 4 is 17.2 Å². The minimum Gasteiger partial charge on any atom is -0.497 e. The van der Waals surface area contributed by atoms with Crippen molar-refractivity contribution in [1.29, 1.82) is 0 Å². The molecule has 2 unspecified atom stereocenters. The Bertz CT molecular complexity index is 813. The third-order valence-electron chi connectivity index (χ3n) is 4.73. The molecule has 3 rings (SSSR count). The lowest BCUT2D eigenvalue weighted by molar-refractivity contribution is 0.415. The van der Waals surface area contributed by atoms with E-state index >= 15 is 0 Å². The number of rotatable bonds is 5. The molecule has 0 aliphatic carbocycles. The molecule has 1 heterocycles. The highest BCUT2D eigenvalue weighted by molar-refractivity contribution is 5.99. The topological polar surface area (TPSA) is 68.9 Å². The summed E-state index contributed by atoms with van der Waals surface area (Å²) < 4.78 is 10.5. The minimum absolute atomic E-state index is 0.214. The molecule has 5 heteroatoms. The Kier molecular flexibility index (Phi) is 5.46. The number of methoxy groups -OCH3 is 2. The Morgan fingerprint density at radius 1 is 1.08 bits per heavy atom. The molecule has 0 amide bonds. The molecule has 0 saturated carbocycles. The number of hydrogen-bond donors (Lipinski definition) is 2. The zero-order valence-electron chi connectivity index (χ0n) is 15.4. The molecular formula is C21H25N3O2. The smallest absolute Gasteiger partial charge is 0.141 e. The van der Waals surface area contributed by atoms with E-state index in [0.717, 1.165) is 29.3 Å². The van der Waals surface area contributed by atoms with Crippen molar-refractivity contribution in [2.24, 2.45) is 10.9 Å². The van der Waals surface area contributed by atoms with Gasteiger partial charge in [0, 0.05) is 23.7 Å². The molecule has 0 radical (unpaired) electrons.